The fourth-order valence-electron chi connectivity index (χ4n) is 3.52. The molecule has 172 valence electrons. The van der Waals surface area contributed by atoms with Gasteiger partial charge in [-0.15, -0.1) is 0 Å². The maximum absolute atomic E-state index is 12.6. The minimum Gasteiger partial charge on any atom is -0.390 e. The number of aliphatic hydroxyl groups excluding tert-OH is 1. The number of nitrogens with two attached hydrogens (primary N) is 1. The minimum atomic E-state index is -0.632. The Kier molecular flexibility index (Phi) is 8.29. The number of anilines is 1. The quantitative estimate of drug-likeness (QED) is 0.464. The molecule has 0 aliphatic heterocycles. The van der Waals surface area contributed by atoms with Crippen molar-refractivity contribution in [2.75, 3.05) is 31.9 Å². The number of aromatic nitrogens is 1. The number of nitrogen functional groups attached to an aromatic ring is 1. The summed E-state index contributed by atoms with van der Waals surface area (Å²) < 4.78 is 0. The zero-order valence-electron chi connectivity index (χ0n) is 19.2. The van der Waals surface area contributed by atoms with Crippen LogP contribution in [0.4, 0.5) is 5.82 Å². The van der Waals surface area contributed by atoms with Crippen molar-refractivity contribution >= 4 is 34.1 Å². The van der Waals surface area contributed by atoms with E-state index in [1.165, 1.54) is 0 Å². The van der Waals surface area contributed by atoms with E-state index in [0.29, 0.717) is 34.1 Å². The van der Waals surface area contributed by atoms with Crippen LogP contribution in [0.5, 0.6) is 0 Å². The van der Waals surface area contributed by atoms with Crippen LogP contribution in [0, 0.1) is 18.8 Å². The summed E-state index contributed by atoms with van der Waals surface area (Å²) in [5, 5.41) is 15.3. The van der Waals surface area contributed by atoms with Crippen molar-refractivity contribution in [3.8, 4) is 11.8 Å². The van der Waals surface area contributed by atoms with E-state index in [9.17, 15) is 9.90 Å². The summed E-state index contributed by atoms with van der Waals surface area (Å²) in [5.41, 5.74) is 8.82. The highest BCUT2D eigenvalue weighted by Crippen LogP contribution is 2.25. The molecule has 7 heteroatoms. The molecule has 3 rings (SSSR count). The van der Waals surface area contributed by atoms with Crippen LogP contribution >= 0.6 is 11.6 Å². The summed E-state index contributed by atoms with van der Waals surface area (Å²) in [6.45, 7) is 8.42. The Balaban J connectivity index is 1.81. The van der Waals surface area contributed by atoms with Gasteiger partial charge in [0.1, 0.15) is 5.82 Å². The molecule has 1 aromatic heterocycles. The first-order chi connectivity index (χ1) is 15.8. The summed E-state index contributed by atoms with van der Waals surface area (Å²) in [5.74, 6) is 6.32. The van der Waals surface area contributed by atoms with Crippen LogP contribution in [0.25, 0.3) is 10.8 Å². The number of rotatable bonds is 7. The third-order valence-corrected chi connectivity index (χ3v) is 5.80. The van der Waals surface area contributed by atoms with Crippen LogP contribution < -0.4 is 11.1 Å². The maximum Gasteiger partial charge on any atom is 0.251 e. The number of halogens is 1. The Morgan fingerprint density at radius 1 is 1.21 bits per heavy atom. The second kappa shape index (κ2) is 11.2. The van der Waals surface area contributed by atoms with Gasteiger partial charge in [-0.2, -0.15) is 0 Å². The first-order valence-electron chi connectivity index (χ1n) is 11.0. The second-order valence-electron chi connectivity index (χ2n) is 7.88. The topological polar surface area (TPSA) is 91.5 Å². The molecule has 0 aliphatic rings. The number of hydrogen-bond acceptors (Lipinski definition) is 5. The number of likely N-dealkylation sites (N-methyl/N-ethyl adjacent to an activating group) is 1. The molecule has 0 fully saturated rings. The summed E-state index contributed by atoms with van der Waals surface area (Å²) >= 11 is 6.16. The van der Waals surface area contributed by atoms with Crippen molar-refractivity contribution in [2.45, 2.75) is 26.9 Å². The molecule has 2 aromatic carbocycles. The summed E-state index contributed by atoms with van der Waals surface area (Å²) in [7, 11) is 0. The molecule has 6 nitrogen and oxygen atoms in total. The molecule has 33 heavy (non-hydrogen) atoms. The predicted molar refractivity (Wildman–Crippen MR) is 134 cm³/mol. The van der Waals surface area contributed by atoms with E-state index in [2.05, 4.69) is 27.0 Å². The van der Waals surface area contributed by atoms with Crippen LogP contribution in [-0.4, -0.2) is 53.2 Å². The molecule has 3 aromatic rings. The highest BCUT2D eigenvalue weighted by Gasteiger charge is 2.13. The van der Waals surface area contributed by atoms with Gasteiger partial charge in [0.2, 0.25) is 0 Å². The Bertz CT molecular complexity index is 1210. The van der Waals surface area contributed by atoms with Gasteiger partial charge in [0.05, 0.1) is 11.7 Å². The van der Waals surface area contributed by atoms with Crippen molar-refractivity contribution in [2.24, 2.45) is 0 Å². The van der Waals surface area contributed by atoms with Crippen molar-refractivity contribution in [1.82, 2.24) is 15.2 Å². The van der Waals surface area contributed by atoms with E-state index >= 15 is 0 Å². The number of benzene rings is 2. The molecule has 0 saturated carbocycles. The molecule has 4 N–H and O–H groups in total. The Morgan fingerprint density at radius 2 is 1.97 bits per heavy atom. The first-order valence-corrected chi connectivity index (χ1v) is 11.3. The molecule has 1 unspecified atom stereocenters. The van der Waals surface area contributed by atoms with Crippen LogP contribution in [-0.2, 0) is 0 Å². The first kappa shape index (κ1) is 24.5. The summed E-state index contributed by atoms with van der Waals surface area (Å²) in [6, 6.07) is 10.8. The molecule has 0 spiro atoms. The monoisotopic (exact) mass is 464 g/mol. The van der Waals surface area contributed by atoms with Gasteiger partial charge in [-0.05, 0) is 49.8 Å². The number of aryl methyl sites for hydroxylation is 1. The molecule has 0 aliphatic carbocycles. The number of amides is 1. The maximum atomic E-state index is 12.6. The van der Waals surface area contributed by atoms with Crippen LogP contribution in [0.2, 0.25) is 5.02 Å². The number of hydrogen-bond donors (Lipinski definition) is 3. The van der Waals surface area contributed by atoms with E-state index in [1.807, 2.05) is 39.0 Å². The van der Waals surface area contributed by atoms with Crippen LogP contribution in [0.3, 0.4) is 0 Å². The number of carbonyl (C=O) groups excluding carboxylic acids is 1. The van der Waals surface area contributed by atoms with E-state index < -0.39 is 6.10 Å². The number of aliphatic hydroxyl groups is 1. The van der Waals surface area contributed by atoms with Gasteiger partial charge < -0.3 is 21.1 Å². The van der Waals surface area contributed by atoms with Crippen LogP contribution in [0.1, 0.15) is 40.9 Å². The van der Waals surface area contributed by atoms with Gasteiger partial charge in [-0.1, -0.05) is 49.4 Å². The lowest BCUT2D eigenvalue weighted by molar-refractivity contribution is 0.0869. The largest absolute Gasteiger partial charge is 0.390 e. The number of carbonyl (C=O) groups is 1. The van der Waals surface area contributed by atoms with Crippen LogP contribution in [0.15, 0.2) is 42.6 Å². The van der Waals surface area contributed by atoms with Gasteiger partial charge in [0.15, 0.2) is 0 Å². The summed E-state index contributed by atoms with van der Waals surface area (Å²) in [4.78, 5) is 19.0. The van der Waals surface area contributed by atoms with E-state index in [4.69, 9.17) is 17.3 Å². The number of nitrogens with one attached hydrogen (secondary N) is 1. The molecule has 0 radical (unpaired) electrons. The lowest BCUT2D eigenvalue weighted by Crippen LogP contribution is -2.40. The van der Waals surface area contributed by atoms with Crippen molar-refractivity contribution in [1.29, 1.82) is 0 Å². The Labute approximate surface area is 199 Å². The fraction of sp³-hybridized carbons (Fsp3) is 0.308. The van der Waals surface area contributed by atoms with E-state index in [1.54, 1.807) is 24.4 Å². The van der Waals surface area contributed by atoms with Crippen molar-refractivity contribution in [3.05, 3.63) is 69.9 Å². The Morgan fingerprint density at radius 3 is 2.70 bits per heavy atom. The third kappa shape index (κ3) is 6.23. The average Bonchev–Trinajstić information content (AvgIpc) is 2.81. The van der Waals surface area contributed by atoms with Crippen molar-refractivity contribution in [3.63, 3.8) is 0 Å². The minimum absolute atomic E-state index is 0.184. The standard InChI is InChI=1S/C26H29ClN4O2/c1-4-31(5-2)16-22(32)15-30-26(33)19-7-6-17(3)18(12-19)9-11-23-24-13-21(27)10-8-20(24)14-29-25(23)28/h6-8,10,12-14,22,32H,4-5,15-16H2,1-3H3,(H2,28,29)(H,30,33). The van der Waals surface area contributed by atoms with E-state index in [0.717, 1.165) is 29.4 Å². The molecule has 0 bridgehead atoms. The molecule has 0 saturated heterocycles. The van der Waals surface area contributed by atoms with Gasteiger partial charge >= 0.3 is 0 Å². The number of pyridine rings is 1. The van der Waals surface area contributed by atoms with Gasteiger partial charge in [0, 0.05) is 46.2 Å². The Hall–Kier alpha value is -3.11. The number of fused-ring (bicyclic) bond motifs is 1. The predicted octanol–water partition coefficient (Wildman–Crippen LogP) is 3.61. The highest BCUT2D eigenvalue weighted by atomic mass is 35.5. The normalized spacial score (nSPS) is 11.8. The molecular weight excluding hydrogens is 436 g/mol. The van der Waals surface area contributed by atoms with Gasteiger partial charge in [0.25, 0.3) is 5.91 Å². The lowest BCUT2D eigenvalue weighted by atomic mass is 10.0. The van der Waals surface area contributed by atoms with E-state index in [-0.39, 0.29) is 12.5 Å². The SMILES string of the molecule is CCN(CC)CC(O)CNC(=O)c1ccc(C)c(C#Cc2c(N)ncc3ccc(Cl)cc23)c1. The third-order valence-electron chi connectivity index (χ3n) is 5.57. The molecular formula is C26H29ClN4O2. The lowest BCUT2D eigenvalue weighted by Gasteiger charge is -2.22. The van der Waals surface area contributed by atoms with Gasteiger partial charge in [-0.25, -0.2) is 4.98 Å². The number of nitrogens with zero attached hydrogens (tertiary/aromatic N) is 2. The highest BCUT2D eigenvalue weighted by molar-refractivity contribution is 6.31. The van der Waals surface area contributed by atoms with Crippen molar-refractivity contribution < 1.29 is 9.90 Å². The molecule has 1 atom stereocenters. The molecule has 1 amide bonds. The fourth-order valence-corrected chi connectivity index (χ4v) is 3.69. The summed E-state index contributed by atoms with van der Waals surface area (Å²) in [6.07, 6.45) is 1.06. The zero-order chi connectivity index (χ0) is 24.0. The second-order valence-corrected chi connectivity index (χ2v) is 8.32. The molecule has 1 heterocycles. The average molecular weight is 465 g/mol. The smallest absolute Gasteiger partial charge is 0.251 e. The zero-order valence-corrected chi connectivity index (χ0v) is 19.9. The van der Waals surface area contributed by atoms with Gasteiger partial charge in [-0.3, -0.25) is 4.79 Å².